The van der Waals surface area contributed by atoms with Crippen LogP contribution in [0.2, 0.25) is 0 Å². The number of nitrogens with one attached hydrogen (secondary N) is 1. The monoisotopic (exact) mass is 260 g/mol. The van der Waals surface area contributed by atoms with Gasteiger partial charge in [0.15, 0.2) is 0 Å². The molecular formula is C17H28N2. The maximum Gasteiger partial charge on any atom is 0.0423 e. The molecule has 1 aliphatic rings. The molecule has 1 aliphatic heterocycles. The molecule has 1 N–H and O–H groups in total. The van der Waals surface area contributed by atoms with Crippen LogP contribution in [0.1, 0.15) is 36.0 Å². The quantitative estimate of drug-likeness (QED) is 0.892. The van der Waals surface area contributed by atoms with Gasteiger partial charge in [-0.25, -0.2) is 0 Å². The van der Waals surface area contributed by atoms with Gasteiger partial charge in [-0.15, -0.1) is 0 Å². The highest BCUT2D eigenvalue weighted by Crippen LogP contribution is 2.26. The second-order valence-electron chi connectivity index (χ2n) is 6.17. The zero-order chi connectivity index (χ0) is 13.8. The Bertz CT molecular complexity index is 396. The van der Waals surface area contributed by atoms with Gasteiger partial charge in [0, 0.05) is 19.3 Å². The van der Waals surface area contributed by atoms with Gasteiger partial charge in [0.25, 0.3) is 0 Å². The van der Waals surface area contributed by atoms with Crippen LogP contribution in [-0.4, -0.2) is 26.7 Å². The van der Waals surface area contributed by atoms with Gasteiger partial charge in [0.05, 0.1) is 0 Å². The van der Waals surface area contributed by atoms with E-state index in [-0.39, 0.29) is 0 Å². The van der Waals surface area contributed by atoms with Crippen molar-refractivity contribution in [3.8, 4) is 0 Å². The summed E-state index contributed by atoms with van der Waals surface area (Å²) < 4.78 is 0. The smallest absolute Gasteiger partial charge is 0.0423 e. The molecule has 0 aliphatic carbocycles. The molecule has 1 aromatic carbocycles. The van der Waals surface area contributed by atoms with Crippen LogP contribution in [0.15, 0.2) is 12.1 Å². The maximum atomic E-state index is 3.51. The fourth-order valence-corrected chi connectivity index (χ4v) is 3.43. The lowest BCUT2D eigenvalue weighted by molar-refractivity contribution is 0.360. The highest BCUT2D eigenvalue weighted by Gasteiger charge is 2.15. The molecule has 1 fully saturated rings. The van der Waals surface area contributed by atoms with Crippen molar-refractivity contribution < 1.29 is 0 Å². The fraction of sp³-hybridized carbons (Fsp3) is 0.647. The van der Waals surface area contributed by atoms with Crippen LogP contribution in [0.4, 0.5) is 5.69 Å². The van der Waals surface area contributed by atoms with Crippen LogP contribution in [0.3, 0.4) is 0 Å². The van der Waals surface area contributed by atoms with Crippen molar-refractivity contribution in [2.24, 2.45) is 5.92 Å². The Balaban J connectivity index is 1.97. The Morgan fingerprint density at radius 1 is 1.21 bits per heavy atom. The normalized spacial score (nSPS) is 19.5. The predicted molar refractivity (Wildman–Crippen MR) is 84.1 cm³/mol. The SMILES string of the molecule is Cc1cc(C)c(N(C)CCC2CCCNC2)c(C)c1. The first-order valence-corrected chi connectivity index (χ1v) is 7.57. The first kappa shape index (κ1) is 14.4. The standard InChI is InChI=1S/C17H28N2/c1-13-10-14(2)17(15(3)11-13)19(4)9-7-16-6-5-8-18-12-16/h10-11,16,18H,5-9,12H2,1-4H3. The van der Waals surface area contributed by atoms with Gasteiger partial charge in [-0.3, -0.25) is 0 Å². The predicted octanol–water partition coefficient (Wildman–Crippen LogP) is 3.44. The minimum absolute atomic E-state index is 0.863. The molecule has 106 valence electrons. The molecule has 2 heteroatoms. The number of rotatable bonds is 4. The zero-order valence-corrected chi connectivity index (χ0v) is 12.9. The molecule has 0 radical (unpaired) electrons. The topological polar surface area (TPSA) is 15.3 Å². The van der Waals surface area contributed by atoms with Crippen molar-refractivity contribution in [2.75, 3.05) is 31.6 Å². The first-order chi connectivity index (χ1) is 9.08. The molecule has 2 rings (SSSR count). The van der Waals surface area contributed by atoms with E-state index >= 15 is 0 Å². The highest BCUT2D eigenvalue weighted by molar-refractivity contribution is 5.59. The third kappa shape index (κ3) is 3.73. The van der Waals surface area contributed by atoms with Crippen LogP contribution in [0.25, 0.3) is 0 Å². The number of hydrogen-bond acceptors (Lipinski definition) is 2. The van der Waals surface area contributed by atoms with Crippen molar-refractivity contribution in [3.63, 3.8) is 0 Å². The summed E-state index contributed by atoms with van der Waals surface area (Å²) in [6.45, 7) is 10.2. The first-order valence-electron chi connectivity index (χ1n) is 7.57. The molecule has 1 heterocycles. The summed E-state index contributed by atoms with van der Waals surface area (Å²) in [5.74, 6) is 0.863. The van der Waals surface area contributed by atoms with Crippen molar-refractivity contribution in [1.29, 1.82) is 0 Å². The molecule has 1 atom stereocenters. The number of hydrogen-bond donors (Lipinski definition) is 1. The van der Waals surface area contributed by atoms with Crippen LogP contribution in [0, 0.1) is 26.7 Å². The summed E-state index contributed by atoms with van der Waals surface area (Å²) in [5, 5.41) is 3.51. The van der Waals surface area contributed by atoms with Crippen molar-refractivity contribution >= 4 is 5.69 Å². The Kier molecular flexibility index (Phi) is 4.87. The van der Waals surface area contributed by atoms with E-state index in [1.54, 1.807) is 0 Å². The maximum absolute atomic E-state index is 3.51. The molecule has 0 spiro atoms. The number of piperidine rings is 1. The third-order valence-electron chi connectivity index (χ3n) is 4.29. The van der Waals surface area contributed by atoms with E-state index in [1.165, 1.54) is 54.7 Å². The van der Waals surface area contributed by atoms with E-state index in [0.717, 1.165) is 12.5 Å². The lowest BCUT2D eigenvalue weighted by Crippen LogP contribution is -2.32. The Morgan fingerprint density at radius 3 is 2.47 bits per heavy atom. The molecule has 1 aromatic rings. The van der Waals surface area contributed by atoms with Crippen molar-refractivity contribution in [1.82, 2.24) is 5.32 Å². The Morgan fingerprint density at radius 2 is 1.89 bits per heavy atom. The molecule has 0 bridgehead atoms. The number of aryl methyl sites for hydroxylation is 3. The van der Waals surface area contributed by atoms with Gasteiger partial charge in [0.2, 0.25) is 0 Å². The van der Waals surface area contributed by atoms with Gasteiger partial charge in [-0.1, -0.05) is 17.7 Å². The minimum atomic E-state index is 0.863. The van der Waals surface area contributed by atoms with Gasteiger partial charge in [-0.2, -0.15) is 0 Å². The molecule has 0 aromatic heterocycles. The van der Waals surface area contributed by atoms with Crippen LogP contribution in [-0.2, 0) is 0 Å². The van der Waals surface area contributed by atoms with Crippen LogP contribution >= 0.6 is 0 Å². The third-order valence-corrected chi connectivity index (χ3v) is 4.29. The molecule has 0 amide bonds. The second kappa shape index (κ2) is 6.42. The van der Waals surface area contributed by atoms with Crippen molar-refractivity contribution in [2.45, 2.75) is 40.0 Å². The number of benzene rings is 1. The number of anilines is 1. The highest BCUT2D eigenvalue weighted by atomic mass is 15.1. The van der Waals surface area contributed by atoms with Crippen LogP contribution in [0.5, 0.6) is 0 Å². The summed E-state index contributed by atoms with van der Waals surface area (Å²) in [7, 11) is 2.24. The molecular weight excluding hydrogens is 232 g/mol. The van der Waals surface area contributed by atoms with E-state index in [9.17, 15) is 0 Å². The average molecular weight is 260 g/mol. The summed E-state index contributed by atoms with van der Waals surface area (Å²) in [6.07, 6.45) is 4.04. The lowest BCUT2D eigenvalue weighted by Gasteiger charge is -2.28. The van der Waals surface area contributed by atoms with Gasteiger partial charge >= 0.3 is 0 Å². The summed E-state index contributed by atoms with van der Waals surface area (Å²) in [6, 6.07) is 4.59. The summed E-state index contributed by atoms with van der Waals surface area (Å²) >= 11 is 0. The van der Waals surface area contributed by atoms with E-state index in [0.29, 0.717) is 0 Å². The van der Waals surface area contributed by atoms with Crippen LogP contribution < -0.4 is 10.2 Å². The fourth-order valence-electron chi connectivity index (χ4n) is 3.43. The van der Waals surface area contributed by atoms with E-state index < -0.39 is 0 Å². The molecule has 0 saturated carbocycles. The van der Waals surface area contributed by atoms with Gasteiger partial charge in [0.1, 0.15) is 0 Å². The Hall–Kier alpha value is -1.02. The Labute approximate surface area is 118 Å². The second-order valence-corrected chi connectivity index (χ2v) is 6.17. The van der Waals surface area contributed by atoms with E-state index in [4.69, 9.17) is 0 Å². The van der Waals surface area contributed by atoms with E-state index in [2.05, 4.69) is 50.2 Å². The number of nitrogens with zero attached hydrogens (tertiary/aromatic N) is 1. The summed E-state index contributed by atoms with van der Waals surface area (Å²) in [5.41, 5.74) is 5.60. The summed E-state index contributed by atoms with van der Waals surface area (Å²) in [4.78, 5) is 2.44. The molecule has 1 unspecified atom stereocenters. The molecule has 1 saturated heterocycles. The molecule has 19 heavy (non-hydrogen) atoms. The lowest BCUT2D eigenvalue weighted by atomic mass is 9.95. The van der Waals surface area contributed by atoms with Gasteiger partial charge < -0.3 is 10.2 Å². The largest absolute Gasteiger partial charge is 0.374 e. The molecule has 2 nitrogen and oxygen atoms in total. The minimum Gasteiger partial charge on any atom is -0.374 e. The van der Waals surface area contributed by atoms with E-state index in [1.807, 2.05) is 0 Å². The van der Waals surface area contributed by atoms with Crippen molar-refractivity contribution in [3.05, 3.63) is 28.8 Å². The van der Waals surface area contributed by atoms with Gasteiger partial charge in [-0.05, 0) is 70.2 Å². The average Bonchev–Trinajstić information content (AvgIpc) is 2.36. The zero-order valence-electron chi connectivity index (χ0n) is 12.9.